The van der Waals surface area contributed by atoms with Gasteiger partial charge in [0.1, 0.15) is 0 Å². The van der Waals surface area contributed by atoms with Gasteiger partial charge in [-0.25, -0.2) is 0 Å². The summed E-state index contributed by atoms with van der Waals surface area (Å²) < 4.78 is 0. The molecule has 0 atom stereocenters. The zero-order valence-electron chi connectivity index (χ0n) is 10.9. The average molecular weight is 273 g/mol. The van der Waals surface area contributed by atoms with Crippen molar-refractivity contribution in [3.05, 3.63) is 53.1 Å². The Morgan fingerprint density at radius 1 is 1.10 bits per heavy atom. The van der Waals surface area contributed by atoms with Gasteiger partial charge in [-0.2, -0.15) is 0 Å². The van der Waals surface area contributed by atoms with E-state index in [1.807, 2.05) is 6.07 Å². The molecule has 5 nitrogen and oxygen atoms in total. The first-order valence-electron chi connectivity index (χ1n) is 6.07. The van der Waals surface area contributed by atoms with Gasteiger partial charge in [0, 0.05) is 17.7 Å². The Bertz CT molecular complexity index is 638. The predicted octanol–water partition coefficient (Wildman–Crippen LogP) is 2.04. The van der Waals surface area contributed by atoms with E-state index in [9.17, 15) is 20.1 Å². The van der Waals surface area contributed by atoms with Crippen LogP contribution in [0.5, 0.6) is 17.2 Å². The number of rotatable bonds is 3. The van der Waals surface area contributed by atoms with Crippen molar-refractivity contribution in [3.8, 4) is 17.2 Å². The van der Waals surface area contributed by atoms with Gasteiger partial charge in [-0.05, 0) is 30.7 Å². The van der Waals surface area contributed by atoms with Crippen molar-refractivity contribution in [2.75, 3.05) is 0 Å². The Morgan fingerprint density at radius 2 is 1.75 bits per heavy atom. The summed E-state index contributed by atoms with van der Waals surface area (Å²) >= 11 is 0. The minimum absolute atomic E-state index is 0.0548. The Kier molecular flexibility index (Phi) is 3.79. The van der Waals surface area contributed by atoms with E-state index >= 15 is 0 Å². The summed E-state index contributed by atoms with van der Waals surface area (Å²) in [6.45, 7) is 1.72. The molecule has 1 amide bonds. The maximum Gasteiger partial charge on any atom is 0.251 e. The van der Waals surface area contributed by atoms with Crippen molar-refractivity contribution in [1.29, 1.82) is 0 Å². The van der Waals surface area contributed by atoms with Gasteiger partial charge in [0.25, 0.3) is 5.91 Å². The van der Waals surface area contributed by atoms with Crippen molar-refractivity contribution < 1.29 is 20.1 Å². The monoisotopic (exact) mass is 273 g/mol. The van der Waals surface area contributed by atoms with E-state index in [1.165, 1.54) is 6.07 Å². The number of amides is 1. The summed E-state index contributed by atoms with van der Waals surface area (Å²) in [5, 5.41) is 31.3. The minimum Gasteiger partial charge on any atom is -0.504 e. The fourth-order valence-electron chi connectivity index (χ4n) is 1.89. The topological polar surface area (TPSA) is 89.8 Å². The lowest BCUT2D eigenvalue weighted by molar-refractivity contribution is 0.0950. The number of phenols is 3. The van der Waals surface area contributed by atoms with Crippen LogP contribution < -0.4 is 5.32 Å². The van der Waals surface area contributed by atoms with Crippen molar-refractivity contribution >= 4 is 5.91 Å². The summed E-state index contributed by atoms with van der Waals surface area (Å²) in [5.41, 5.74) is 1.45. The number of nitrogens with one attached hydrogen (secondary N) is 1. The molecule has 4 N–H and O–H groups in total. The largest absolute Gasteiger partial charge is 0.504 e. The second kappa shape index (κ2) is 5.52. The van der Waals surface area contributed by atoms with Crippen molar-refractivity contribution in [1.82, 2.24) is 5.32 Å². The van der Waals surface area contributed by atoms with Crippen LogP contribution in [0.3, 0.4) is 0 Å². The molecule has 2 aromatic rings. The fourth-order valence-corrected chi connectivity index (χ4v) is 1.89. The van der Waals surface area contributed by atoms with Crippen LogP contribution >= 0.6 is 0 Å². The fraction of sp³-hybridized carbons (Fsp3) is 0.133. The highest BCUT2D eigenvalue weighted by Gasteiger charge is 2.15. The van der Waals surface area contributed by atoms with Gasteiger partial charge in [-0.1, -0.05) is 18.2 Å². The van der Waals surface area contributed by atoms with Gasteiger partial charge in [0.15, 0.2) is 11.5 Å². The van der Waals surface area contributed by atoms with Crippen LogP contribution in [0.15, 0.2) is 36.4 Å². The number of phenolic OH excluding ortho intramolecular Hbond substituents is 3. The smallest absolute Gasteiger partial charge is 0.251 e. The van der Waals surface area contributed by atoms with E-state index in [2.05, 4.69) is 5.32 Å². The third kappa shape index (κ3) is 2.66. The highest BCUT2D eigenvalue weighted by atomic mass is 16.3. The number of hydrogen-bond acceptors (Lipinski definition) is 4. The Morgan fingerprint density at radius 3 is 2.40 bits per heavy atom. The maximum atomic E-state index is 11.9. The summed E-state index contributed by atoms with van der Waals surface area (Å²) in [4.78, 5) is 11.9. The van der Waals surface area contributed by atoms with Gasteiger partial charge >= 0.3 is 0 Å². The molecule has 2 rings (SSSR count). The second-order valence-electron chi connectivity index (χ2n) is 4.44. The highest BCUT2D eigenvalue weighted by molar-refractivity contribution is 5.94. The number of aromatic hydroxyl groups is 3. The van der Waals surface area contributed by atoms with Crippen LogP contribution in [0.25, 0.3) is 0 Å². The first-order valence-corrected chi connectivity index (χ1v) is 6.07. The summed E-state index contributed by atoms with van der Waals surface area (Å²) in [6, 6.07) is 10.0. The number of carbonyl (C=O) groups excluding carboxylic acids is 1. The standard InChI is InChI=1S/C15H15NO4/c1-9-7-12(17)14(19)13(18)11(9)8-16-15(20)10-5-3-2-4-6-10/h2-7,17-19H,8H2,1H3,(H,16,20). The average Bonchev–Trinajstić information content (AvgIpc) is 2.45. The van der Waals surface area contributed by atoms with Crippen molar-refractivity contribution in [2.45, 2.75) is 13.5 Å². The van der Waals surface area contributed by atoms with E-state index < -0.39 is 17.2 Å². The molecule has 0 heterocycles. The molecule has 5 heteroatoms. The Balaban J connectivity index is 2.16. The van der Waals surface area contributed by atoms with Gasteiger partial charge in [-0.15, -0.1) is 0 Å². The predicted molar refractivity (Wildman–Crippen MR) is 73.8 cm³/mol. The van der Waals surface area contributed by atoms with Crippen LogP contribution in [0.2, 0.25) is 0 Å². The van der Waals surface area contributed by atoms with Gasteiger partial charge < -0.3 is 20.6 Å². The molecule has 20 heavy (non-hydrogen) atoms. The molecule has 0 saturated heterocycles. The maximum absolute atomic E-state index is 11.9. The van der Waals surface area contributed by atoms with Gasteiger partial charge in [0.2, 0.25) is 5.75 Å². The third-order valence-corrected chi connectivity index (χ3v) is 3.04. The quantitative estimate of drug-likeness (QED) is 0.644. The molecule has 0 fully saturated rings. The number of aryl methyl sites for hydroxylation is 1. The summed E-state index contributed by atoms with van der Waals surface area (Å²) in [5.74, 6) is -1.68. The van der Waals surface area contributed by atoms with E-state index in [1.54, 1.807) is 31.2 Å². The number of hydrogen-bond donors (Lipinski definition) is 4. The third-order valence-electron chi connectivity index (χ3n) is 3.04. The van der Waals surface area contributed by atoms with Crippen molar-refractivity contribution in [3.63, 3.8) is 0 Å². The lowest BCUT2D eigenvalue weighted by Gasteiger charge is -2.12. The van der Waals surface area contributed by atoms with E-state index in [0.29, 0.717) is 16.7 Å². The van der Waals surface area contributed by atoms with Crippen LogP contribution in [0.1, 0.15) is 21.5 Å². The molecule has 0 aliphatic heterocycles. The van der Waals surface area contributed by atoms with Crippen molar-refractivity contribution in [2.24, 2.45) is 0 Å². The first-order chi connectivity index (χ1) is 9.50. The Hall–Kier alpha value is -2.69. The molecule has 104 valence electrons. The Labute approximate surface area is 116 Å². The first kappa shape index (κ1) is 13.7. The normalized spacial score (nSPS) is 10.2. The molecule has 0 spiro atoms. The summed E-state index contributed by atoms with van der Waals surface area (Å²) in [6.07, 6.45) is 0. The minimum atomic E-state index is -0.584. The molecule has 0 aliphatic carbocycles. The molecule has 0 bridgehead atoms. The number of carbonyl (C=O) groups is 1. The van der Waals surface area contributed by atoms with Crippen LogP contribution in [-0.4, -0.2) is 21.2 Å². The molecule has 0 radical (unpaired) electrons. The van der Waals surface area contributed by atoms with E-state index in [4.69, 9.17) is 0 Å². The molecular formula is C15H15NO4. The molecule has 0 unspecified atom stereocenters. The van der Waals surface area contributed by atoms with Crippen LogP contribution in [0, 0.1) is 6.92 Å². The number of benzene rings is 2. The highest BCUT2D eigenvalue weighted by Crippen LogP contribution is 2.39. The lowest BCUT2D eigenvalue weighted by Crippen LogP contribution is -2.23. The SMILES string of the molecule is Cc1cc(O)c(O)c(O)c1CNC(=O)c1ccccc1. The molecule has 0 aromatic heterocycles. The summed E-state index contributed by atoms with van der Waals surface area (Å²) in [7, 11) is 0. The van der Waals surface area contributed by atoms with Gasteiger partial charge in [0.05, 0.1) is 0 Å². The molecule has 0 saturated carbocycles. The van der Waals surface area contributed by atoms with E-state index in [-0.39, 0.29) is 12.5 Å². The second-order valence-corrected chi connectivity index (χ2v) is 4.44. The van der Waals surface area contributed by atoms with Gasteiger partial charge in [-0.3, -0.25) is 4.79 Å². The molecular weight excluding hydrogens is 258 g/mol. The zero-order valence-corrected chi connectivity index (χ0v) is 10.9. The van der Waals surface area contributed by atoms with Crippen LogP contribution in [0.4, 0.5) is 0 Å². The molecule has 2 aromatic carbocycles. The van der Waals surface area contributed by atoms with Crippen LogP contribution in [-0.2, 0) is 6.54 Å². The molecule has 0 aliphatic rings. The van der Waals surface area contributed by atoms with E-state index in [0.717, 1.165) is 0 Å². The zero-order chi connectivity index (χ0) is 14.7. The lowest BCUT2D eigenvalue weighted by atomic mass is 10.1.